The van der Waals surface area contributed by atoms with Crippen LogP contribution in [0.5, 0.6) is 0 Å². The summed E-state index contributed by atoms with van der Waals surface area (Å²) >= 11 is 0. The monoisotopic (exact) mass is 311 g/mol. The molecule has 1 saturated heterocycles. The van der Waals surface area contributed by atoms with E-state index in [1.54, 1.807) is 12.1 Å². The number of rotatable bonds is 4. The lowest BCUT2D eigenvalue weighted by Crippen LogP contribution is -2.44. The van der Waals surface area contributed by atoms with E-state index in [9.17, 15) is 13.2 Å². The summed E-state index contributed by atoms with van der Waals surface area (Å²) in [6.07, 6.45) is 1.97. The minimum absolute atomic E-state index is 0.146. The highest BCUT2D eigenvalue weighted by Gasteiger charge is 2.39. The molecule has 1 fully saturated rings. The maximum Gasteiger partial charge on any atom is 0.243 e. The number of amides is 1. The first kappa shape index (κ1) is 15.8. The van der Waals surface area contributed by atoms with Gasteiger partial charge < -0.3 is 11.1 Å². The van der Waals surface area contributed by atoms with Crippen molar-refractivity contribution in [2.45, 2.75) is 37.1 Å². The lowest BCUT2D eigenvalue weighted by atomic mass is 10.1. The van der Waals surface area contributed by atoms with Crippen LogP contribution in [0.4, 0.5) is 5.69 Å². The van der Waals surface area contributed by atoms with Gasteiger partial charge in [0.25, 0.3) is 0 Å². The lowest BCUT2D eigenvalue weighted by Gasteiger charge is -2.23. The predicted molar refractivity (Wildman–Crippen MR) is 81.2 cm³/mol. The van der Waals surface area contributed by atoms with Gasteiger partial charge in [0, 0.05) is 19.3 Å². The van der Waals surface area contributed by atoms with E-state index in [-0.39, 0.29) is 10.8 Å². The Bertz CT molecular complexity index is 643. The van der Waals surface area contributed by atoms with Crippen LogP contribution >= 0.6 is 0 Å². The van der Waals surface area contributed by atoms with Crippen LogP contribution in [0.15, 0.2) is 23.1 Å². The smallest absolute Gasteiger partial charge is 0.243 e. The van der Waals surface area contributed by atoms with Crippen LogP contribution in [-0.2, 0) is 21.2 Å². The standard InChI is InChI=1S/C14H21N3O3S/c1-3-10-6-7-11(9-12(10)15)21(19,20)17-8-4-5-13(17)14(18)16-2/h6-7,9,13H,3-5,8,15H2,1-2H3,(H,16,18). The van der Waals surface area contributed by atoms with E-state index in [4.69, 9.17) is 5.73 Å². The highest BCUT2D eigenvalue weighted by Crippen LogP contribution is 2.28. The second kappa shape index (κ2) is 6.03. The molecular formula is C14H21N3O3S. The Morgan fingerprint density at radius 1 is 1.48 bits per heavy atom. The molecule has 0 radical (unpaired) electrons. The van der Waals surface area contributed by atoms with E-state index >= 15 is 0 Å². The van der Waals surface area contributed by atoms with Gasteiger partial charge in [0.15, 0.2) is 0 Å². The Morgan fingerprint density at radius 2 is 2.19 bits per heavy atom. The molecule has 0 saturated carbocycles. The Hall–Kier alpha value is -1.60. The van der Waals surface area contributed by atoms with Crippen molar-refractivity contribution in [1.82, 2.24) is 9.62 Å². The van der Waals surface area contributed by atoms with E-state index in [1.807, 2.05) is 6.92 Å². The second-order valence-electron chi connectivity index (χ2n) is 5.10. The van der Waals surface area contributed by atoms with Crippen LogP contribution in [0, 0.1) is 0 Å². The van der Waals surface area contributed by atoms with Crippen LogP contribution in [0.3, 0.4) is 0 Å². The molecule has 116 valence electrons. The number of hydrogen-bond donors (Lipinski definition) is 2. The van der Waals surface area contributed by atoms with Gasteiger partial charge in [-0.3, -0.25) is 4.79 Å². The van der Waals surface area contributed by atoms with Crippen molar-refractivity contribution in [2.24, 2.45) is 0 Å². The maximum absolute atomic E-state index is 12.7. The fourth-order valence-corrected chi connectivity index (χ4v) is 4.34. The molecule has 1 amide bonds. The first-order chi connectivity index (χ1) is 9.91. The molecule has 1 aliphatic rings. The zero-order valence-electron chi connectivity index (χ0n) is 12.3. The summed E-state index contributed by atoms with van der Waals surface area (Å²) in [5, 5.41) is 2.52. The van der Waals surface area contributed by atoms with Crippen molar-refractivity contribution in [1.29, 1.82) is 0 Å². The first-order valence-corrected chi connectivity index (χ1v) is 8.47. The van der Waals surface area contributed by atoms with Crippen molar-refractivity contribution in [3.8, 4) is 0 Å². The molecular weight excluding hydrogens is 290 g/mol. The lowest BCUT2D eigenvalue weighted by molar-refractivity contribution is -0.123. The highest BCUT2D eigenvalue weighted by molar-refractivity contribution is 7.89. The third-order valence-electron chi connectivity index (χ3n) is 3.86. The summed E-state index contributed by atoms with van der Waals surface area (Å²) in [5.74, 6) is -0.269. The minimum Gasteiger partial charge on any atom is -0.398 e. The maximum atomic E-state index is 12.7. The molecule has 0 bridgehead atoms. The fourth-order valence-electron chi connectivity index (χ4n) is 2.65. The number of nitrogens with one attached hydrogen (secondary N) is 1. The average Bonchev–Trinajstić information content (AvgIpc) is 2.96. The molecule has 6 nitrogen and oxygen atoms in total. The number of likely N-dealkylation sites (N-methyl/N-ethyl adjacent to an activating group) is 1. The first-order valence-electron chi connectivity index (χ1n) is 7.03. The number of nitrogens with zero attached hydrogens (tertiary/aromatic N) is 1. The molecule has 0 aliphatic carbocycles. The second-order valence-corrected chi connectivity index (χ2v) is 6.99. The van der Waals surface area contributed by atoms with Crippen molar-refractivity contribution in [3.05, 3.63) is 23.8 Å². The Kier molecular flexibility index (Phi) is 4.53. The topological polar surface area (TPSA) is 92.5 Å². The summed E-state index contributed by atoms with van der Waals surface area (Å²) < 4.78 is 26.7. The summed E-state index contributed by atoms with van der Waals surface area (Å²) in [6.45, 7) is 2.32. The van der Waals surface area contributed by atoms with Gasteiger partial charge in [0.05, 0.1) is 4.90 Å². The van der Waals surface area contributed by atoms with Crippen molar-refractivity contribution in [2.75, 3.05) is 19.3 Å². The van der Waals surface area contributed by atoms with Gasteiger partial charge >= 0.3 is 0 Å². The number of sulfonamides is 1. The number of aryl methyl sites for hydroxylation is 1. The van der Waals surface area contributed by atoms with E-state index in [0.29, 0.717) is 25.1 Å². The van der Waals surface area contributed by atoms with E-state index in [0.717, 1.165) is 12.0 Å². The molecule has 0 spiro atoms. The molecule has 7 heteroatoms. The Balaban J connectivity index is 2.37. The molecule has 3 N–H and O–H groups in total. The number of nitrogen functional groups attached to an aromatic ring is 1. The summed E-state index contributed by atoms with van der Waals surface area (Å²) in [4.78, 5) is 12.0. The fraction of sp³-hybridized carbons (Fsp3) is 0.500. The molecule has 1 atom stereocenters. The van der Waals surface area contributed by atoms with E-state index in [2.05, 4.69) is 5.32 Å². The number of nitrogens with two attached hydrogens (primary N) is 1. The van der Waals surface area contributed by atoms with Crippen molar-refractivity contribution >= 4 is 21.6 Å². The van der Waals surface area contributed by atoms with Crippen LogP contribution in [0.25, 0.3) is 0 Å². The average molecular weight is 311 g/mol. The van der Waals surface area contributed by atoms with Gasteiger partial charge in [-0.05, 0) is 37.0 Å². The van der Waals surface area contributed by atoms with Gasteiger partial charge in [-0.1, -0.05) is 13.0 Å². The highest BCUT2D eigenvalue weighted by atomic mass is 32.2. The molecule has 1 aromatic rings. The quantitative estimate of drug-likeness (QED) is 0.802. The Labute approximate surface area is 125 Å². The van der Waals surface area contributed by atoms with Crippen LogP contribution in [-0.4, -0.2) is 38.3 Å². The molecule has 1 unspecified atom stereocenters. The van der Waals surface area contributed by atoms with Crippen molar-refractivity contribution in [3.63, 3.8) is 0 Å². The van der Waals surface area contributed by atoms with Crippen molar-refractivity contribution < 1.29 is 13.2 Å². The number of carbonyl (C=O) groups is 1. The Morgan fingerprint density at radius 3 is 2.76 bits per heavy atom. The van der Waals surface area contributed by atoms with Gasteiger partial charge in [-0.15, -0.1) is 0 Å². The summed E-state index contributed by atoms with van der Waals surface area (Å²) in [6, 6.07) is 4.14. The zero-order chi connectivity index (χ0) is 15.6. The predicted octanol–water partition coefficient (Wildman–Crippen LogP) is 0.730. The number of anilines is 1. The number of hydrogen-bond acceptors (Lipinski definition) is 4. The van der Waals surface area contributed by atoms with Crippen LogP contribution < -0.4 is 11.1 Å². The SMILES string of the molecule is CCc1ccc(S(=O)(=O)N2CCCC2C(=O)NC)cc1N. The molecule has 21 heavy (non-hydrogen) atoms. The van der Waals surface area contributed by atoms with Gasteiger partial charge in [0.2, 0.25) is 15.9 Å². The third-order valence-corrected chi connectivity index (χ3v) is 5.76. The number of benzene rings is 1. The van der Waals surface area contributed by atoms with Gasteiger partial charge in [-0.25, -0.2) is 8.42 Å². The molecule has 1 aliphatic heterocycles. The summed E-state index contributed by atoms with van der Waals surface area (Å²) in [7, 11) is -2.18. The minimum atomic E-state index is -3.70. The largest absolute Gasteiger partial charge is 0.398 e. The van der Waals surface area contributed by atoms with Gasteiger partial charge in [-0.2, -0.15) is 4.31 Å². The number of carbonyl (C=O) groups excluding carboxylic acids is 1. The normalized spacial score (nSPS) is 19.6. The molecule has 2 rings (SSSR count). The zero-order valence-corrected chi connectivity index (χ0v) is 13.1. The van der Waals surface area contributed by atoms with Crippen LogP contribution in [0.2, 0.25) is 0 Å². The van der Waals surface area contributed by atoms with E-state index < -0.39 is 16.1 Å². The van der Waals surface area contributed by atoms with Crippen LogP contribution in [0.1, 0.15) is 25.3 Å². The summed E-state index contributed by atoms with van der Waals surface area (Å²) in [5.41, 5.74) is 7.27. The molecule has 1 aromatic carbocycles. The van der Waals surface area contributed by atoms with E-state index in [1.165, 1.54) is 17.4 Å². The van der Waals surface area contributed by atoms with Gasteiger partial charge in [0.1, 0.15) is 6.04 Å². The molecule has 0 aromatic heterocycles. The third kappa shape index (κ3) is 2.89. The molecule has 1 heterocycles.